The zero-order chi connectivity index (χ0) is 13.1. The number of amides is 1. The maximum Gasteiger partial charge on any atom is 0.223 e. The van der Waals surface area contributed by atoms with E-state index < -0.39 is 0 Å². The molecule has 2 heterocycles. The van der Waals surface area contributed by atoms with Crippen LogP contribution in [0.3, 0.4) is 0 Å². The van der Waals surface area contributed by atoms with Crippen LogP contribution in [0, 0.1) is 13.8 Å². The highest BCUT2D eigenvalue weighted by atomic mass is 32.1. The zero-order valence-electron chi connectivity index (χ0n) is 11.3. The minimum Gasteiger partial charge on any atom is -0.340 e. The van der Waals surface area contributed by atoms with E-state index in [1.54, 1.807) is 11.3 Å². The van der Waals surface area contributed by atoms with Gasteiger partial charge in [0.1, 0.15) is 0 Å². The van der Waals surface area contributed by atoms with E-state index in [1.165, 1.54) is 4.88 Å². The Morgan fingerprint density at radius 1 is 1.44 bits per heavy atom. The maximum absolute atomic E-state index is 12.1. The van der Waals surface area contributed by atoms with E-state index >= 15 is 0 Å². The molecule has 1 fully saturated rings. The summed E-state index contributed by atoms with van der Waals surface area (Å²) in [6.07, 6.45) is 0.576. The number of aryl methyl sites for hydroxylation is 2. The van der Waals surface area contributed by atoms with Crippen molar-refractivity contribution in [3.05, 3.63) is 15.6 Å². The van der Waals surface area contributed by atoms with Crippen molar-refractivity contribution in [1.29, 1.82) is 0 Å². The highest BCUT2D eigenvalue weighted by Gasteiger charge is 2.21. The van der Waals surface area contributed by atoms with Crippen molar-refractivity contribution in [2.75, 3.05) is 26.2 Å². The fourth-order valence-corrected chi connectivity index (χ4v) is 3.08. The third-order valence-electron chi connectivity index (χ3n) is 3.42. The van der Waals surface area contributed by atoms with Crippen molar-refractivity contribution < 1.29 is 4.79 Å². The molecule has 1 atom stereocenters. The lowest BCUT2D eigenvalue weighted by Gasteiger charge is -2.28. The van der Waals surface area contributed by atoms with Gasteiger partial charge in [0.05, 0.1) is 10.7 Å². The van der Waals surface area contributed by atoms with Crippen molar-refractivity contribution in [3.63, 3.8) is 0 Å². The molecule has 5 heteroatoms. The molecule has 1 aliphatic rings. The molecule has 1 aromatic heterocycles. The van der Waals surface area contributed by atoms with Gasteiger partial charge in [0.2, 0.25) is 5.91 Å². The second-order valence-corrected chi connectivity index (χ2v) is 6.16. The molecular weight excluding hydrogens is 246 g/mol. The number of nitrogens with one attached hydrogen (secondary N) is 1. The van der Waals surface area contributed by atoms with E-state index in [1.807, 2.05) is 11.8 Å². The lowest BCUT2D eigenvalue weighted by atomic mass is 10.1. The molecule has 1 N–H and O–H groups in total. The molecule has 0 radical (unpaired) electrons. The van der Waals surface area contributed by atoms with Gasteiger partial charge in [-0.1, -0.05) is 6.92 Å². The first-order chi connectivity index (χ1) is 8.58. The first-order valence-electron chi connectivity index (χ1n) is 6.50. The quantitative estimate of drug-likeness (QED) is 0.906. The van der Waals surface area contributed by atoms with Crippen molar-refractivity contribution in [2.45, 2.75) is 33.1 Å². The van der Waals surface area contributed by atoms with Crippen LogP contribution in [0.5, 0.6) is 0 Å². The zero-order valence-corrected chi connectivity index (χ0v) is 12.1. The number of hydrogen-bond donors (Lipinski definition) is 1. The lowest BCUT2D eigenvalue weighted by molar-refractivity contribution is -0.132. The summed E-state index contributed by atoms with van der Waals surface area (Å²) in [7, 11) is 0. The highest BCUT2D eigenvalue weighted by molar-refractivity contribution is 7.11. The number of aromatic nitrogens is 1. The predicted molar refractivity (Wildman–Crippen MR) is 74.1 cm³/mol. The topological polar surface area (TPSA) is 45.2 Å². The Hall–Kier alpha value is -0.940. The van der Waals surface area contributed by atoms with Gasteiger partial charge in [-0.3, -0.25) is 4.79 Å². The number of nitrogens with zero attached hydrogens (tertiary/aromatic N) is 2. The van der Waals surface area contributed by atoms with E-state index in [2.05, 4.69) is 24.1 Å². The van der Waals surface area contributed by atoms with Crippen LogP contribution in [0.4, 0.5) is 0 Å². The molecule has 4 nitrogen and oxygen atoms in total. The van der Waals surface area contributed by atoms with Crippen molar-refractivity contribution in [3.8, 4) is 0 Å². The summed E-state index contributed by atoms with van der Waals surface area (Å²) in [5.41, 5.74) is 1.09. The third kappa shape index (κ3) is 3.09. The van der Waals surface area contributed by atoms with E-state index in [0.717, 1.165) is 36.9 Å². The minimum absolute atomic E-state index is 0.227. The van der Waals surface area contributed by atoms with E-state index in [-0.39, 0.29) is 11.8 Å². The van der Waals surface area contributed by atoms with Gasteiger partial charge in [-0.15, -0.1) is 11.3 Å². The molecule has 0 aromatic carbocycles. The standard InChI is InChI=1S/C13H21N3OS/c1-9(13-15-10(2)11(3)18-13)8-12(17)16-6-4-14-5-7-16/h9,14H,4-8H2,1-3H3. The largest absolute Gasteiger partial charge is 0.340 e. The SMILES string of the molecule is Cc1nc(C(C)CC(=O)N2CCNCC2)sc1C. The Kier molecular flexibility index (Phi) is 4.35. The van der Waals surface area contributed by atoms with Crippen LogP contribution in [-0.4, -0.2) is 42.0 Å². The molecule has 1 saturated heterocycles. The smallest absolute Gasteiger partial charge is 0.223 e. The second kappa shape index (κ2) is 5.80. The fraction of sp³-hybridized carbons (Fsp3) is 0.692. The number of hydrogen-bond acceptors (Lipinski definition) is 4. The summed E-state index contributed by atoms with van der Waals surface area (Å²) in [5.74, 6) is 0.485. The minimum atomic E-state index is 0.227. The summed E-state index contributed by atoms with van der Waals surface area (Å²) >= 11 is 1.72. The molecule has 1 unspecified atom stereocenters. The van der Waals surface area contributed by atoms with E-state index in [0.29, 0.717) is 6.42 Å². The molecule has 0 saturated carbocycles. The Morgan fingerprint density at radius 2 is 2.11 bits per heavy atom. The van der Waals surface area contributed by atoms with Gasteiger partial charge in [0.15, 0.2) is 0 Å². The summed E-state index contributed by atoms with van der Waals surface area (Å²) in [6, 6.07) is 0. The van der Waals surface area contributed by atoms with E-state index in [9.17, 15) is 4.79 Å². The van der Waals surface area contributed by atoms with Gasteiger partial charge in [0, 0.05) is 43.4 Å². The first kappa shape index (κ1) is 13.5. The number of rotatable bonds is 3. The van der Waals surface area contributed by atoms with Crippen LogP contribution >= 0.6 is 11.3 Å². The van der Waals surface area contributed by atoms with Crippen molar-refractivity contribution in [2.24, 2.45) is 0 Å². The van der Waals surface area contributed by atoms with Gasteiger partial charge in [-0.25, -0.2) is 4.98 Å². The summed E-state index contributed by atoms with van der Waals surface area (Å²) in [6.45, 7) is 9.70. The average molecular weight is 267 g/mol. The van der Waals surface area contributed by atoms with E-state index in [4.69, 9.17) is 0 Å². The summed E-state index contributed by atoms with van der Waals surface area (Å²) in [5, 5.41) is 4.35. The van der Waals surface area contributed by atoms with Gasteiger partial charge in [0.25, 0.3) is 0 Å². The van der Waals surface area contributed by atoms with Gasteiger partial charge < -0.3 is 10.2 Å². The molecule has 0 aliphatic carbocycles. The van der Waals surface area contributed by atoms with Gasteiger partial charge >= 0.3 is 0 Å². The van der Waals surface area contributed by atoms with Crippen molar-refractivity contribution >= 4 is 17.2 Å². The molecule has 2 rings (SSSR count). The highest BCUT2D eigenvalue weighted by Crippen LogP contribution is 2.26. The van der Waals surface area contributed by atoms with Crippen LogP contribution in [0.2, 0.25) is 0 Å². The molecular formula is C13H21N3OS. The molecule has 100 valence electrons. The monoisotopic (exact) mass is 267 g/mol. The molecule has 0 bridgehead atoms. The van der Waals surface area contributed by atoms with Crippen molar-refractivity contribution in [1.82, 2.24) is 15.2 Å². The van der Waals surface area contributed by atoms with Crippen LogP contribution in [0.15, 0.2) is 0 Å². The molecule has 18 heavy (non-hydrogen) atoms. The second-order valence-electron chi connectivity index (χ2n) is 4.93. The predicted octanol–water partition coefficient (Wildman–Crippen LogP) is 1.69. The van der Waals surface area contributed by atoms with Crippen LogP contribution < -0.4 is 5.32 Å². The Morgan fingerprint density at radius 3 is 2.67 bits per heavy atom. The van der Waals surface area contributed by atoms with Gasteiger partial charge in [-0.05, 0) is 13.8 Å². The number of carbonyl (C=O) groups excluding carboxylic acids is 1. The number of carbonyl (C=O) groups is 1. The Bertz CT molecular complexity index is 404. The molecule has 0 spiro atoms. The summed E-state index contributed by atoms with van der Waals surface area (Å²) < 4.78 is 0. The fourth-order valence-electron chi connectivity index (χ4n) is 2.10. The third-order valence-corrected chi connectivity index (χ3v) is 4.72. The number of thiazole rings is 1. The normalized spacial score (nSPS) is 17.8. The average Bonchev–Trinajstić information content (AvgIpc) is 2.71. The Balaban J connectivity index is 1.93. The summed E-state index contributed by atoms with van der Waals surface area (Å²) in [4.78, 5) is 19.9. The number of piperazine rings is 1. The molecule has 1 amide bonds. The Labute approximate surface area is 112 Å². The first-order valence-corrected chi connectivity index (χ1v) is 7.32. The maximum atomic E-state index is 12.1. The lowest BCUT2D eigenvalue weighted by Crippen LogP contribution is -2.46. The van der Waals surface area contributed by atoms with Gasteiger partial charge in [-0.2, -0.15) is 0 Å². The molecule has 1 aliphatic heterocycles. The van der Waals surface area contributed by atoms with Crippen LogP contribution in [0.25, 0.3) is 0 Å². The van der Waals surface area contributed by atoms with Crippen LogP contribution in [0.1, 0.15) is 34.8 Å². The van der Waals surface area contributed by atoms with Crippen LogP contribution in [-0.2, 0) is 4.79 Å². The molecule has 1 aromatic rings.